The van der Waals surface area contributed by atoms with Crippen LogP contribution in [0.15, 0.2) is 30.5 Å². The van der Waals surface area contributed by atoms with E-state index in [1.807, 2.05) is 24.1 Å². The van der Waals surface area contributed by atoms with E-state index in [0.29, 0.717) is 19.0 Å². The molecule has 0 unspecified atom stereocenters. The molecule has 0 bridgehead atoms. The predicted molar refractivity (Wildman–Crippen MR) is 111 cm³/mol. The zero-order chi connectivity index (χ0) is 21.4. The highest BCUT2D eigenvalue weighted by Gasteiger charge is 2.49. The number of hydrogen-bond acceptors (Lipinski definition) is 4. The molecule has 2 aliphatic heterocycles. The minimum Gasteiger partial charge on any atom is -0.394 e. The normalized spacial score (nSPS) is 23.8. The molecule has 0 aliphatic carbocycles. The monoisotopic (exact) mass is 415 g/mol. The number of rotatable bonds is 5. The summed E-state index contributed by atoms with van der Waals surface area (Å²) in [4.78, 5) is 18.8. The van der Waals surface area contributed by atoms with Gasteiger partial charge in [-0.1, -0.05) is 12.1 Å². The Bertz CT molecular complexity index is 915. The standard InChI is InChI=1S/C22H30FN5O2/c1-15-17(12-27(24-15)7-8-29)10-26-11-18-13-28(22(30)25(2)3)21(20(18)14-26)16-5-4-6-19(23)9-16/h4-6,9,12,18,20-21,29H,7-8,10-11,13-14H2,1-3H3/t18-,20-,21+/m1/s1. The van der Waals surface area contributed by atoms with Crippen molar-refractivity contribution in [1.29, 1.82) is 0 Å². The van der Waals surface area contributed by atoms with E-state index in [2.05, 4.69) is 10.00 Å². The summed E-state index contributed by atoms with van der Waals surface area (Å²) in [5.41, 5.74) is 3.00. The number of likely N-dealkylation sites (tertiary alicyclic amines) is 2. The van der Waals surface area contributed by atoms with Crippen molar-refractivity contribution >= 4 is 6.03 Å². The molecule has 2 aromatic rings. The largest absolute Gasteiger partial charge is 0.394 e. The molecule has 1 aromatic heterocycles. The lowest BCUT2D eigenvalue weighted by atomic mass is 9.89. The van der Waals surface area contributed by atoms with Gasteiger partial charge in [-0.25, -0.2) is 9.18 Å². The Balaban J connectivity index is 1.54. The number of urea groups is 1. The topological polar surface area (TPSA) is 64.8 Å². The summed E-state index contributed by atoms with van der Waals surface area (Å²) in [6, 6.07) is 6.52. The Kier molecular flexibility index (Phi) is 5.79. The summed E-state index contributed by atoms with van der Waals surface area (Å²) in [5, 5.41) is 13.6. The third-order valence-electron chi connectivity index (χ3n) is 6.33. The van der Waals surface area contributed by atoms with Gasteiger partial charge in [-0.3, -0.25) is 9.58 Å². The van der Waals surface area contributed by atoms with Crippen LogP contribution in [0.25, 0.3) is 0 Å². The van der Waals surface area contributed by atoms with Gasteiger partial charge in [0, 0.05) is 58.0 Å². The van der Waals surface area contributed by atoms with Crippen molar-refractivity contribution in [2.75, 3.05) is 40.3 Å². The summed E-state index contributed by atoms with van der Waals surface area (Å²) in [6.45, 7) is 5.79. The van der Waals surface area contributed by atoms with Gasteiger partial charge >= 0.3 is 6.03 Å². The Morgan fingerprint density at radius 1 is 1.30 bits per heavy atom. The van der Waals surface area contributed by atoms with E-state index in [1.165, 1.54) is 6.07 Å². The van der Waals surface area contributed by atoms with E-state index in [1.54, 1.807) is 35.8 Å². The summed E-state index contributed by atoms with van der Waals surface area (Å²) >= 11 is 0. The molecule has 8 heteroatoms. The maximum Gasteiger partial charge on any atom is 0.320 e. The lowest BCUT2D eigenvalue weighted by Crippen LogP contribution is -2.41. The van der Waals surface area contributed by atoms with Gasteiger partial charge in [-0.2, -0.15) is 5.10 Å². The van der Waals surface area contributed by atoms with Gasteiger partial charge < -0.3 is 14.9 Å². The van der Waals surface area contributed by atoms with Crippen LogP contribution in [0.5, 0.6) is 0 Å². The second-order valence-electron chi connectivity index (χ2n) is 8.67. The van der Waals surface area contributed by atoms with E-state index in [0.717, 1.165) is 36.5 Å². The number of carbonyl (C=O) groups is 1. The summed E-state index contributed by atoms with van der Waals surface area (Å²) in [5.74, 6) is 0.355. The number of fused-ring (bicyclic) bond motifs is 1. The van der Waals surface area contributed by atoms with Crippen LogP contribution in [0, 0.1) is 24.6 Å². The molecule has 0 radical (unpaired) electrons. The van der Waals surface area contributed by atoms with Crippen molar-refractivity contribution < 1.29 is 14.3 Å². The van der Waals surface area contributed by atoms with E-state index in [4.69, 9.17) is 5.11 Å². The van der Waals surface area contributed by atoms with Gasteiger partial charge in [-0.15, -0.1) is 0 Å². The smallest absolute Gasteiger partial charge is 0.320 e. The summed E-state index contributed by atoms with van der Waals surface area (Å²) in [7, 11) is 3.52. The fraction of sp³-hybridized carbons (Fsp3) is 0.545. The first-order chi connectivity index (χ1) is 14.4. The average Bonchev–Trinajstić information content (AvgIpc) is 3.34. The Morgan fingerprint density at radius 3 is 2.80 bits per heavy atom. The van der Waals surface area contributed by atoms with Crippen LogP contribution in [0.2, 0.25) is 0 Å². The van der Waals surface area contributed by atoms with E-state index in [-0.39, 0.29) is 30.4 Å². The molecule has 1 aromatic carbocycles. The van der Waals surface area contributed by atoms with Crippen LogP contribution < -0.4 is 0 Å². The molecule has 1 N–H and O–H groups in total. The highest BCUT2D eigenvalue weighted by Crippen LogP contribution is 2.45. The second-order valence-corrected chi connectivity index (χ2v) is 8.67. The fourth-order valence-electron chi connectivity index (χ4n) is 5.01. The van der Waals surface area contributed by atoms with E-state index < -0.39 is 0 Å². The molecule has 2 saturated heterocycles. The lowest BCUT2D eigenvalue weighted by molar-refractivity contribution is 0.151. The van der Waals surface area contributed by atoms with Crippen molar-refractivity contribution in [1.82, 2.24) is 24.5 Å². The number of carbonyl (C=O) groups excluding carboxylic acids is 1. The van der Waals surface area contributed by atoms with Crippen molar-refractivity contribution in [2.24, 2.45) is 11.8 Å². The highest BCUT2D eigenvalue weighted by molar-refractivity contribution is 5.75. The molecular weight excluding hydrogens is 385 g/mol. The Labute approximate surface area is 176 Å². The third kappa shape index (κ3) is 3.94. The van der Waals surface area contributed by atoms with Crippen LogP contribution in [0.1, 0.15) is 22.9 Å². The molecule has 0 saturated carbocycles. The van der Waals surface area contributed by atoms with Gasteiger partial charge in [0.05, 0.1) is 24.9 Å². The SMILES string of the molecule is Cc1nn(CCO)cc1CN1C[C@@H]2CN(C(=O)N(C)C)[C@@H](c3cccc(F)c3)[C@@H]2C1. The molecule has 2 aliphatic rings. The van der Waals surface area contributed by atoms with Crippen molar-refractivity contribution in [3.05, 3.63) is 53.1 Å². The molecule has 2 fully saturated rings. The van der Waals surface area contributed by atoms with Crippen LogP contribution >= 0.6 is 0 Å². The minimum absolute atomic E-state index is 0.0219. The number of aryl methyl sites for hydroxylation is 1. The number of halogens is 1. The van der Waals surface area contributed by atoms with E-state index in [9.17, 15) is 9.18 Å². The predicted octanol–water partition coefficient (Wildman–Crippen LogP) is 2.11. The first kappa shape index (κ1) is 20.8. The van der Waals surface area contributed by atoms with Crippen LogP contribution in [0.4, 0.5) is 9.18 Å². The Hall–Kier alpha value is -2.45. The second kappa shape index (κ2) is 8.35. The zero-order valence-electron chi connectivity index (χ0n) is 17.8. The maximum absolute atomic E-state index is 14.0. The van der Waals surface area contributed by atoms with Crippen molar-refractivity contribution in [3.63, 3.8) is 0 Å². The van der Waals surface area contributed by atoms with Gasteiger partial charge in [0.1, 0.15) is 5.82 Å². The van der Waals surface area contributed by atoms with Crippen molar-refractivity contribution in [2.45, 2.75) is 26.1 Å². The number of aliphatic hydroxyl groups is 1. The maximum atomic E-state index is 14.0. The van der Waals surface area contributed by atoms with Crippen LogP contribution in [-0.2, 0) is 13.1 Å². The molecule has 4 rings (SSSR count). The molecule has 0 spiro atoms. The molecular formula is C22H30FN5O2. The Morgan fingerprint density at radius 2 is 2.10 bits per heavy atom. The van der Waals surface area contributed by atoms with E-state index >= 15 is 0 Å². The first-order valence-electron chi connectivity index (χ1n) is 10.5. The summed E-state index contributed by atoms with van der Waals surface area (Å²) < 4.78 is 15.8. The third-order valence-corrected chi connectivity index (χ3v) is 6.33. The number of benzene rings is 1. The molecule has 30 heavy (non-hydrogen) atoms. The fourth-order valence-corrected chi connectivity index (χ4v) is 5.01. The first-order valence-corrected chi connectivity index (χ1v) is 10.5. The minimum atomic E-state index is -0.269. The number of amides is 2. The van der Waals surface area contributed by atoms with Crippen LogP contribution in [-0.4, -0.2) is 76.0 Å². The zero-order valence-corrected chi connectivity index (χ0v) is 17.8. The quantitative estimate of drug-likeness (QED) is 0.813. The van der Waals surface area contributed by atoms with Gasteiger partial charge in [0.15, 0.2) is 0 Å². The van der Waals surface area contributed by atoms with Crippen molar-refractivity contribution in [3.8, 4) is 0 Å². The molecule has 3 heterocycles. The average molecular weight is 416 g/mol. The highest BCUT2D eigenvalue weighted by atomic mass is 19.1. The van der Waals surface area contributed by atoms with Gasteiger partial charge in [0.2, 0.25) is 0 Å². The number of nitrogens with zero attached hydrogens (tertiary/aromatic N) is 5. The summed E-state index contributed by atoms with van der Waals surface area (Å²) in [6.07, 6.45) is 2.01. The molecule has 2 amide bonds. The van der Waals surface area contributed by atoms with Gasteiger partial charge in [0.25, 0.3) is 0 Å². The molecule has 162 valence electrons. The lowest BCUT2D eigenvalue weighted by Gasteiger charge is -2.31. The van der Waals surface area contributed by atoms with Crippen LogP contribution in [0.3, 0.4) is 0 Å². The number of aliphatic hydroxyl groups excluding tert-OH is 1. The number of hydrogen-bond donors (Lipinski definition) is 1. The molecule has 7 nitrogen and oxygen atoms in total. The number of aromatic nitrogens is 2. The molecule has 3 atom stereocenters. The van der Waals surface area contributed by atoms with Gasteiger partial charge in [-0.05, 0) is 30.5 Å².